The lowest BCUT2D eigenvalue weighted by Gasteiger charge is -2.25. The van der Waals surface area contributed by atoms with Crippen molar-refractivity contribution >= 4 is 52.6 Å². The van der Waals surface area contributed by atoms with E-state index in [4.69, 9.17) is 9.72 Å². The summed E-state index contributed by atoms with van der Waals surface area (Å²) in [6.45, 7) is 5.91. The molecule has 0 saturated heterocycles. The van der Waals surface area contributed by atoms with Crippen LogP contribution in [0.15, 0.2) is 52.2 Å². The molecule has 0 amide bonds. The lowest BCUT2D eigenvalue weighted by atomic mass is 9.91. The molecule has 0 bridgehead atoms. The molecule has 8 heteroatoms. The van der Waals surface area contributed by atoms with Gasteiger partial charge in [-0.15, -0.1) is 46.7 Å². The molecule has 29 heavy (non-hydrogen) atoms. The molecule has 156 valence electrons. The normalized spacial score (nSPS) is 11.7. The summed E-state index contributed by atoms with van der Waals surface area (Å²) >= 11 is 3.43. The van der Waals surface area contributed by atoms with Crippen LogP contribution in [0.25, 0.3) is 10.6 Å². The van der Waals surface area contributed by atoms with Gasteiger partial charge in [-0.25, -0.2) is 4.98 Å². The summed E-state index contributed by atoms with van der Waals surface area (Å²) in [5, 5.41) is 12.0. The zero-order chi connectivity index (χ0) is 20.0. The van der Waals surface area contributed by atoms with E-state index in [0.29, 0.717) is 6.54 Å². The molecule has 0 radical (unpaired) electrons. The predicted molar refractivity (Wildman–Crippen MR) is 135 cm³/mol. The van der Waals surface area contributed by atoms with Gasteiger partial charge < -0.3 is 15.4 Å². The molecular weight excluding hydrogens is 515 g/mol. The molecule has 0 aliphatic rings. The number of halogens is 1. The minimum Gasteiger partial charge on any atom is -0.497 e. The number of hydrogen-bond donors (Lipinski definition) is 2. The molecule has 0 saturated carbocycles. The van der Waals surface area contributed by atoms with E-state index in [-0.39, 0.29) is 29.4 Å². The van der Waals surface area contributed by atoms with Crippen LogP contribution in [-0.4, -0.2) is 31.6 Å². The largest absolute Gasteiger partial charge is 0.497 e. The van der Waals surface area contributed by atoms with Crippen molar-refractivity contribution in [2.45, 2.75) is 25.8 Å². The first-order chi connectivity index (χ1) is 13.5. The summed E-state index contributed by atoms with van der Waals surface area (Å²) in [4.78, 5) is 10.4. The molecule has 0 spiro atoms. The second-order valence-electron chi connectivity index (χ2n) is 7.01. The summed E-state index contributed by atoms with van der Waals surface area (Å²) in [5.74, 6) is 1.63. The van der Waals surface area contributed by atoms with E-state index in [2.05, 4.69) is 52.4 Å². The standard InChI is InChI=1S/C21H26N4OS2.HI/c1-21(2,18-6-5-11-27-18)14-24-20(22-3)23-12-16-13-28-19(25-16)15-7-9-17(26-4)10-8-15;/h5-11,13H,12,14H2,1-4H3,(H2,22,23,24);1H. The number of rotatable bonds is 7. The van der Waals surface area contributed by atoms with Gasteiger partial charge >= 0.3 is 0 Å². The Morgan fingerprint density at radius 2 is 1.90 bits per heavy atom. The van der Waals surface area contributed by atoms with Gasteiger partial charge in [0.25, 0.3) is 0 Å². The molecule has 0 aliphatic carbocycles. The Kier molecular flexibility index (Phi) is 8.91. The highest BCUT2D eigenvalue weighted by molar-refractivity contribution is 14.0. The van der Waals surface area contributed by atoms with Crippen molar-refractivity contribution in [2.24, 2.45) is 4.99 Å². The van der Waals surface area contributed by atoms with Gasteiger partial charge in [-0.05, 0) is 35.7 Å². The van der Waals surface area contributed by atoms with Crippen LogP contribution < -0.4 is 15.4 Å². The summed E-state index contributed by atoms with van der Waals surface area (Å²) in [7, 11) is 3.46. The maximum Gasteiger partial charge on any atom is 0.191 e. The van der Waals surface area contributed by atoms with E-state index in [1.165, 1.54) is 4.88 Å². The first kappa shape index (κ1) is 23.6. The quantitative estimate of drug-likeness (QED) is 0.247. The van der Waals surface area contributed by atoms with E-state index in [0.717, 1.165) is 34.5 Å². The van der Waals surface area contributed by atoms with Crippen LogP contribution in [0.4, 0.5) is 0 Å². The van der Waals surface area contributed by atoms with Crippen molar-refractivity contribution in [3.63, 3.8) is 0 Å². The number of thiazole rings is 1. The van der Waals surface area contributed by atoms with E-state index in [9.17, 15) is 0 Å². The number of nitrogens with one attached hydrogen (secondary N) is 2. The minimum atomic E-state index is 0. The van der Waals surface area contributed by atoms with Crippen LogP contribution in [0.5, 0.6) is 5.75 Å². The molecule has 0 atom stereocenters. The Hall–Kier alpha value is -1.65. The third-order valence-electron chi connectivity index (χ3n) is 4.44. The number of hydrogen-bond acceptors (Lipinski definition) is 5. The van der Waals surface area contributed by atoms with Crippen molar-refractivity contribution in [3.05, 3.63) is 57.7 Å². The van der Waals surface area contributed by atoms with E-state index in [1.807, 2.05) is 24.3 Å². The van der Waals surface area contributed by atoms with E-state index < -0.39 is 0 Å². The van der Waals surface area contributed by atoms with Gasteiger partial charge in [-0.3, -0.25) is 4.99 Å². The number of benzene rings is 1. The molecule has 2 aromatic heterocycles. The second kappa shape index (κ2) is 10.9. The topological polar surface area (TPSA) is 58.5 Å². The van der Waals surface area contributed by atoms with Crippen LogP contribution in [0.3, 0.4) is 0 Å². The number of aromatic nitrogens is 1. The monoisotopic (exact) mass is 542 g/mol. The molecule has 0 aliphatic heterocycles. The van der Waals surface area contributed by atoms with Crippen molar-refractivity contribution in [1.29, 1.82) is 0 Å². The van der Waals surface area contributed by atoms with Crippen molar-refractivity contribution < 1.29 is 4.74 Å². The fourth-order valence-electron chi connectivity index (χ4n) is 2.70. The van der Waals surface area contributed by atoms with Gasteiger partial charge in [0.2, 0.25) is 0 Å². The molecule has 3 rings (SSSR count). The lowest BCUT2D eigenvalue weighted by molar-refractivity contribution is 0.415. The highest BCUT2D eigenvalue weighted by Gasteiger charge is 2.21. The number of aliphatic imine (C=N–C) groups is 1. The molecule has 2 N–H and O–H groups in total. The Bertz CT molecular complexity index is 905. The molecule has 0 unspecified atom stereocenters. The highest BCUT2D eigenvalue weighted by Crippen LogP contribution is 2.27. The zero-order valence-corrected chi connectivity index (χ0v) is 21.0. The first-order valence-electron chi connectivity index (χ1n) is 9.09. The summed E-state index contributed by atoms with van der Waals surface area (Å²) in [6.07, 6.45) is 0. The minimum absolute atomic E-state index is 0. The lowest BCUT2D eigenvalue weighted by Crippen LogP contribution is -2.43. The SMILES string of the molecule is CN=C(NCc1csc(-c2ccc(OC)cc2)n1)NCC(C)(C)c1cccs1.I. The van der Waals surface area contributed by atoms with Gasteiger partial charge in [0.05, 0.1) is 19.3 Å². The Labute approximate surface area is 197 Å². The van der Waals surface area contributed by atoms with Crippen LogP contribution in [0.2, 0.25) is 0 Å². The van der Waals surface area contributed by atoms with Crippen LogP contribution in [0, 0.1) is 0 Å². The summed E-state index contributed by atoms with van der Waals surface area (Å²) in [6, 6.07) is 12.2. The third-order valence-corrected chi connectivity index (χ3v) is 6.61. The Balaban J connectivity index is 0.00000300. The predicted octanol–water partition coefficient (Wildman–Crippen LogP) is 5.14. The fourth-order valence-corrected chi connectivity index (χ4v) is 4.38. The summed E-state index contributed by atoms with van der Waals surface area (Å²) in [5.41, 5.74) is 2.14. The van der Waals surface area contributed by atoms with Gasteiger partial charge in [-0.1, -0.05) is 19.9 Å². The molecule has 3 aromatic rings. The number of methoxy groups -OCH3 is 1. The van der Waals surface area contributed by atoms with Crippen LogP contribution in [-0.2, 0) is 12.0 Å². The number of nitrogens with zero attached hydrogens (tertiary/aromatic N) is 2. The van der Waals surface area contributed by atoms with Gasteiger partial charge in [0, 0.05) is 34.8 Å². The van der Waals surface area contributed by atoms with Crippen molar-refractivity contribution in [3.8, 4) is 16.3 Å². The second-order valence-corrected chi connectivity index (χ2v) is 8.82. The van der Waals surface area contributed by atoms with Gasteiger partial charge in [-0.2, -0.15) is 0 Å². The maximum atomic E-state index is 5.21. The van der Waals surface area contributed by atoms with Gasteiger partial charge in [0.1, 0.15) is 10.8 Å². The zero-order valence-electron chi connectivity index (χ0n) is 17.1. The van der Waals surface area contributed by atoms with E-state index in [1.54, 1.807) is 36.8 Å². The first-order valence-corrected chi connectivity index (χ1v) is 10.8. The third kappa shape index (κ3) is 6.42. The molecular formula is C21H27IN4OS2. The van der Waals surface area contributed by atoms with Crippen molar-refractivity contribution in [1.82, 2.24) is 15.6 Å². The van der Waals surface area contributed by atoms with Gasteiger partial charge in [0.15, 0.2) is 5.96 Å². The van der Waals surface area contributed by atoms with E-state index >= 15 is 0 Å². The van der Waals surface area contributed by atoms with Crippen LogP contribution >= 0.6 is 46.7 Å². The number of guanidine groups is 1. The highest BCUT2D eigenvalue weighted by atomic mass is 127. The smallest absolute Gasteiger partial charge is 0.191 e. The Morgan fingerprint density at radius 1 is 1.14 bits per heavy atom. The average Bonchev–Trinajstić information content (AvgIpc) is 3.41. The molecule has 0 fully saturated rings. The average molecular weight is 543 g/mol. The fraction of sp³-hybridized carbons (Fsp3) is 0.333. The number of thiophene rings is 1. The maximum absolute atomic E-state index is 5.21. The Morgan fingerprint density at radius 3 is 2.52 bits per heavy atom. The van der Waals surface area contributed by atoms with Crippen molar-refractivity contribution in [2.75, 3.05) is 20.7 Å². The molecule has 2 heterocycles. The summed E-state index contributed by atoms with van der Waals surface area (Å²) < 4.78 is 5.21. The number of ether oxygens (including phenoxy) is 1. The molecule has 5 nitrogen and oxygen atoms in total. The van der Waals surface area contributed by atoms with Crippen LogP contribution in [0.1, 0.15) is 24.4 Å². The molecule has 1 aromatic carbocycles.